The Morgan fingerprint density at radius 1 is 1.24 bits per heavy atom. The summed E-state index contributed by atoms with van der Waals surface area (Å²) in [4.78, 5) is 16.3. The molecule has 0 atom stereocenters. The fraction of sp³-hybridized carbons (Fsp3) is 0.0769. The number of aromatic nitrogens is 1. The van der Waals surface area contributed by atoms with Crippen LogP contribution < -0.4 is 11.5 Å². The molecule has 2 aromatic rings. The smallest absolute Gasteiger partial charge is 0.171 e. The molecule has 0 amide bonds. The first-order chi connectivity index (χ1) is 8.15. The number of carbonyl (C=O) groups is 1. The van der Waals surface area contributed by atoms with Crippen LogP contribution in [0.4, 0.5) is 5.69 Å². The maximum absolute atomic E-state index is 12.0. The van der Waals surface area contributed by atoms with Crippen LogP contribution in [-0.4, -0.2) is 10.8 Å². The zero-order chi connectivity index (χ0) is 12.0. The number of anilines is 1. The van der Waals surface area contributed by atoms with Crippen LogP contribution in [0.15, 0.2) is 30.1 Å². The Kier molecular flexibility index (Phi) is 1.92. The van der Waals surface area contributed by atoms with E-state index in [9.17, 15) is 4.79 Å². The van der Waals surface area contributed by atoms with Gasteiger partial charge in [0.25, 0.3) is 0 Å². The number of hydrogen-bond donors (Lipinski definition) is 2. The molecule has 0 bridgehead atoms. The summed E-state index contributed by atoms with van der Waals surface area (Å²) < 4.78 is 0. The lowest BCUT2D eigenvalue weighted by Crippen LogP contribution is -2.14. The molecular formula is C13H11N3O. The molecular weight excluding hydrogens is 214 g/mol. The molecule has 0 saturated carbocycles. The minimum Gasteiger partial charge on any atom is -0.402 e. The number of nitrogens with two attached hydrogens (primary N) is 2. The van der Waals surface area contributed by atoms with Gasteiger partial charge in [0.15, 0.2) is 5.78 Å². The van der Waals surface area contributed by atoms with E-state index in [1.807, 2.05) is 12.1 Å². The van der Waals surface area contributed by atoms with Crippen molar-refractivity contribution in [3.8, 4) is 0 Å². The van der Waals surface area contributed by atoms with Gasteiger partial charge in [-0.3, -0.25) is 9.78 Å². The van der Waals surface area contributed by atoms with Crippen LogP contribution in [0.1, 0.15) is 22.5 Å². The SMILES string of the molecule is NC1=Cc2ncc3cc(N)ccc3c2C(=O)C1. The van der Waals surface area contributed by atoms with Crippen molar-refractivity contribution in [3.63, 3.8) is 0 Å². The molecule has 0 aliphatic heterocycles. The van der Waals surface area contributed by atoms with Crippen molar-refractivity contribution in [3.05, 3.63) is 41.4 Å². The fourth-order valence-corrected chi connectivity index (χ4v) is 2.16. The van der Waals surface area contributed by atoms with Gasteiger partial charge in [-0.05, 0) is 23.6 Å². The van der Waals surface area contributed by atoms with Crippen LogP contribution >= 0.6 is 0 Å². The molecule has 1 heterocycles. The average molecular weight is 225 g/mol. The summed E-state index contributed by atoms with van der Waals surface area (Å²) in [6.45, 7) is 0. The van der Waals surface area contributed by atoms with Crippen LogP contribution in [0.25, 0.3) is 16.8 Å². The molecule has 17 heavy (non-hydrogen) atoms. The molecule has 1 aliphatic rings. The van der Waals surface area contributed by atoms with E-state index >= 15 is 0 Å². The van der Waals surface area contributed by atoms with Crippen LogP contribution in [0, 0.1) is 0 Å². The van der Waals surface area contributed by atoms with Gasteiger partial charge >= 0.3 is 0 Å². The van der Waals surface area contributed by atoms with E-state index in [-0.39, 0.29) is 12.2 Å². The summed E-state index contributed by atoms with van der Waals surface area (Å²) in [5.74, 6) is 0.0165. The Hall–Kier alpha value is -2.36. The van der Waals surface area contributed by atoms with Crippen molar-refractivity contribution in [1.82, 2.24) is 4.98 Å². The molecule has 0 spiro atoms. The number of hydrogen-bond acceptors (Lipinski definition) is 4. The third-order valence-electron chi connectivity index (χ3n) is 2.91. The highest BCUT2D eigenvalue weighted by atomic mass is 16.1. The van der Waals surface area contributed by atoms with Gasteiger partial charge in [-0.25, -0.2) is 0 Å². The van der Waals surface area contributed by atoms with E-state index in [1.165, 1.54) is 0 Å². The molecule has 0 fully saturated rings. The van der Waals surface area contributed by atoms with Crippen molar-refractivity contribution >= 4 is 28.3 Å². The van der Waals surface area contributed by atoms with Crippen molar-refractivity contribution in [2.75, 3.05) is 5.73 Å². The van der Waals surface area contributed by atoms with Gasteiger partial charge in [-0.2, -0.15) is 0 Å². The minimum atomic E-state index is 0.0165. The van der Waals surface area contributed by atoms with Crippen LogP contribution in [-0.2, 0) is 0 Å². The quantitative estimate of drug-likeness (QED) is 0.668. The van der Waals surface area contributed by atoms with Gasteiger partial charge < -0.3 is 11.5 Å². The monoisotopic (exact) mass is 225 g/mol. The largest absolute Gasteiger partial charge is 0.402 e. The van der Waals surface area contributed by atoms with Gasteiger partial charge in [-0.1, -0.05) is 6.07 Å². The van der Waals surface area contributed by atoms with Crippen molar-refractivity contribution in [2.24, 2.45) is 5.73 Å². The average Bonchev–Trinajstić information content (AvgIpc) is 2.28. The molecule has 0 saturated heterocycles. The second-order valence-corrected chi connectivity index (χ2v) is 4.18. The standard InChI is InChI=1S/C13H11N3O/c14-8-1-2-10-7(3-8)6-16-11-4-9(15)5-12(17)13(10)11/h1-4,6H,5,14-15H2. The predicted molar refractivity (Wildman–Crippen MR) is 67.3 cm³/mol. The number of fused-ring (bicyclic) bond motifs is 3. The first-order valence-electron chi connectivity index (χ1n) is 5.32. The van der Waals surface area contributed by atoms with Crippen molar-refractivity contribution in [1.29, 1.82) is 0 Å². The van der Waals surface area contributed by atoms with Crippen LogP contribution in [0.2, 0.25) is 0 Å². The van der Waals surface area contributed by atoms with E-state index in [0.717, 1.165) is 10.8 Å². The molecule has 84 valence electrons. The molecule has 1 aliphatic carbocycles. The number of benzene rings is 1. The van der Waals surface area contributed by atoms with Gasteiger partial charge in [0.2, 0.25) is 0 Å². The van der Waals surface area contributed by atoms with E-state index in [0.29, 0.717) is 22.6 Å². The lowest BCUT2D eigenvalue weighted by Gasteiger charge is -2.14. The zero-order valence-electron chi connectivity index (χ0n) is 9.10. The molecule has 0 unspecified atom stereocenters. The number of ketones is 1. The summed E-state index contributed by atoms with van der Waals surface area (Å²) >= 11 is 0. The topological polar surface area (TPSA) is 82.0 Å². The summed E-state index contributed by atoms with van der Waals surface area (Å²) in [5.41, 5.74) is 13.9. The Morgan fingerprint density at radius 3 is 2.88 bits per heavy atom. The summed E-state index contributed by atoms with van der Waals surface area (Å²) in [6.07, 6.45) is 3.73. The second-order valence-electron chi connectivity index (χ2n) is 4.18. The highest BCUT2D eigenvalue weighted by molar-refractivity contribution is 6.13. The number of Topliss-reactive ketones (excluding diaryl/α,β-unsaturated/α-hetero) is 1. The zero-order valence-corrected chi connectivity index (χ0v) is 9.10. The number of carbonyl (C=O) groups excluding carboxylic acids is 1. The van der Waals surface area contributed by atoms with Gasteiger partial charge in [0.05, 0.1) is 17.7 Å². The second kappa shape index (κ2) is 3.31. The molecule has 3 rings (SSSR count). The van der Waals surface area contributed by atoms with Gasteiger partial charge in [-0.15, -0.1) is 0 Å². The third kappa shape index (κ3) is 1.45. The Balaban J connectivity index is 2.40. The van der Waals surface area contributed by atoms with Gasteiger partial charge in [0, 0.05) is 23.0 Å². The van der Waals surface area contributed by atoms with E-state index in [2.05, 4.69) is 4.98 Å². The maximum Gasteiger partial charge on any atom is 0.171 e. The minimum absolute atomic E-state index is 0.0165. The number of rotatable bonds is 0. The molecule has 4 N–H and O–H groups in total. The molecule has 1 aromatic carbocycles. The molecule has 4 heteroatoms. The lowest BCUT2D eigenvalue weighted by molar-refractivity contribution is 0.0992. The van der Waals surface area contributed by atoms with Crippen LogP contribution in [0.3, 0.4) is 0 Å². The first-order valence-corrected chi connectivity index (χ1v) is 5.32. The maximum atomic E-state index is 12.0. The summed E-state index contributed by atoms with van der Waals surface area (Å²) in [6, 6.07) is 5.47. The first kappa shape index (κ1) is 9.84. The number of nitrogen functional groups attached to an aromatic ring is 1. The number of allylic oxidation sites excluding steroid dienone is 1. The molecule has 4 nitrogen and oxygen atoms in total. The Morgan fingerprint density at radius 2 is 2.06 bits per heavy atom. The molecule has 1 aromatic heterocycles. The fourth-order valence-electron chi connectivity index (χ4n) is 2.16. The van der Waals surface area contributed by atoms with Gasteiger partial charge in [0.1, 0.15) is 0 Å². The Bertz CT molecular complexity index is 674. The highest BCUT2D eigenvalue weighted by Gasteiger charge is 2.20. The summed E-state index contributed by atoms with van der Waals surface area (Å²) in [5, 5.41) is 1.77. The Labute approximate surface area is 97.9 Å². The van der Waals surface area contributed by atoms with Crippen molar-refractivity contribution < 1.29 is 4.79 Å². The highest BCUT2D eigenvalue weighted by Crippen LogP contribution is 2.28. The number of nitrogens with zero attached hydrogens (tertiary/aromatic N) is 1. The normalized spacial score (nSPS) is 14.6. The van der Waals surface area contributed by atoms with E-state index < -0.39 is 0 Å². The number of pyridine rings is 1. The summed E-state index contributed by atoms with van der Waals surface area (Å²) in [7, 11) is 0. The third-order valence-corrected chi connectivity index (χ3v) is 2.91. The van der Waals surface area contributed by atoms with Crippen molar-refractivity contribution in [2.45, 2.75) is 6.42 Å². The van der Waals surface area contributed by atoms with E-state index in [4.69, 9.17) is 11.5 Å². The molecule has 0 radical (unpaired) electrons. The predicted octanol–water partition coefficient (Wildman–Crippen LogP) is 1.70. The van der Waals surface area contributed by atoms with E-state index in [1.54, 1.807) is 18.3 Å². The van der Waals surface area contributed by atoms with Crippen LogP contribution in [0.5, 0.6) is 0 Å². The lowest BCUT2D eigenvalue weighted by atomic mass is 9.93.